The fraction of sp³-hybridized carbons (Fsp3) is 0.500. The van der Waals surface area contributed by atoms with Crippen molar-refractivity contribution >= 4 is 12.2 Å². The van der Waals surface area contributed by atoms with Gasteiger partial charge in [0.15, 0.2) is 0 Å². The predicted octanol–water partition coefficient (Wildman–Crippen LogP) is 2.07. The van der Waals surface area contributed by atoms with Crippen molar-refractivity contribution in [3.8, 4) is 0 Å². The van der Waals surface area contributed by atoms with Gasteiger partial charge in [0.1, 0.15) is 6.61 Å². The molecule has 1 aliphatic heterocycles. The average molecular weight is 345 g/mol. The predicted molar refractivity (Wildman–Crippen MR) is 79.8 cm³/mol. The summed E-state index contributed by atoms with van der Waals surface area (Å²) in [5, 5.41) is 18.6. The van der Waals surface area contributed by atoms with E-state index in [9.17, 15) is 28.2 Å². The van der Waals surface area contributed by atoms with E-state index in [1.807, 2.05) is 0 Å². The normalized spacial score (nSPS) is 20.1. The lowest BCUT2D eigenvalue weighted by Gasteiger charge is -2.27. The first-order valence-electron chi connectivity index (χ1n) is 7.36. The summed E-state index contributed by atoms with van der Waals surface area (Å²) in [4.78, 5) is 15.3. The second kappa shape index (κ2) is 6.52. The fourth-order valence-electron chi connectivity index (χ4n) is 2.15. The number of aliphatic hydroxyl groups is 2. The van der Waals surface area contributed by atoms with Gasteiger partial charge in [0.05, 0.1) is 24.2 Å². The smallest absolute Gasteiger partial charge is 0.422 e. The summed E-state index contributed by atoms with van der Waals surface area (Å²) in [5.41, 5.74) is -3.20. The summed E-state index contributed by atoms with van der Waals surface area (Å²) in [6.45, 7) is 0.850. The maximum absolute atomic E-state index is 12.9. The van der Waals surface area contributed by atoms with Gasteiger partial charge in [-0.05, 0) is 24.1 Å². The summed E-state index contributed by atoms with van der Waals surface area (Å²) < 4.78 is 43.9. The summed E-state index contributed by atoms with van der Waals surface area (Å²) in [6.07, 6.45) is -3.30. The fourth-order valence-corrected chi connectivity index (χ4v) is 2.15. The van der Waals surface area contributed by atoms with Crippen LogP contribution in [0.1, 0.15) is 29.3 Å². The highest BCUT2D eigenvalue weighted by Gasteiger charge is 2.61. The third-order valence-corrected chi connectivity index (χ3v) is 4.31. The van der Waals surface area contributed by atoms with Crippen molar-refractivity contribution in [1.29, 1.82) is 0 Å². The zero-order chi connectivity index (χ0) is 18.0. The first kappa shape index (κ1) is 18.4. The standard InChI is InChI=1S/C16H18F3NO4/c1-2-14(8-21,9-22)10-24-13(23)11-3-5-12(6-4-11)15(7-20-15)16(17,18)19/h3-7,21-22H,2,8-10H2,1H3. The molecule has 8 heteroatoms. The number of carbonyl (C=O) groups is 1. The Balaban J connectivity index is 2.05. The first-order chi connectivity index (χ1) is 11.2. The number of aliphatic imine (C=N–C) groups is 1. The molecular formula is C16H18F3NO4. The van der Waals surface area contributed by atoms with Gasteiger partial charge in [-0.15, -0.1) is 0 Å². The van der Waals surface area contributed by atoms with E-state index in [0.717, 1.165) is 6.21 Å². The highest BCUT2D eigenvalue weighted by Crippen LogP contribution is 2.47. The number of benzene rings is 1. The number of rotatable bonds is 7. The minimum Gasteiger partial charge on any atom is -0.461 e. The minimum atomic E-state index is -4.52. The molecule has 1 aliphatic rings. The molecule has 0 aromatic heterocycles. The molecule has 1 heterocycles. The Kier molecular flexibility index (Phi) is 5.00. The van der Waals surface area contributed by atoms with Crippen LogP contribution in [0.3, 0.4) is 0 Å². The summed E-state index contributed by atoms with van der Waals surface area (Å²) in [7, 11) is 0. The van der Waals surface area contributed by atoms with E-state index >= 15 is 0 Å². The minimum absolute atomic E-state index is 0.0693. The molecule has 0 aliphatic carbocycles. The van der Waals surface area contributed by atoms with Crippen LogP contribution in [0, 0.1) is 5.41 Å². The van der Waals surface area contributed by atoms with Gasteiger partial charge in [-0.25, -0.2) is 4.79 Å². The summed E-state index contributed by atoms with van der Waals surface area (Å²) in [5.74, 6) is -0.737. The molecule has 0 fully saturated rings. The molecule has 2 rings (SSSR count). The average Bonchev–Trinajstić information content (AvgIpc) is 3.38. The van der Waals surface area contributed by atoms with Crippen LogP contribution in [0.25, 0.3) is 0 Å². The topological polar surface area (TPSA) is 79.1 Å². The van der Waals surface area contributed by atoms with Crippen molar-refractivity contribution in [2.75, 3.05) is 19.8 Å². The Morgan fingerprint density at radius 2 is 1.75 bits per heavy atom. The number of alkyl halides is 3. The van der Waals surface area contributed by atoms with Crippen LogP contribution in [0.15, 0.2) is 29.3 Å². The van der Waals surface area contributed by atoms with Crippen molar-refractivity contribution in [3.05, 3.63) is 35.4 Å². The molecule has 0 radical (unpaired) electrons. The number of nitrogens with zero attached hydrogens (tertiary/aromatic N) is 1. The molecule has 132 valence electrons. The highest BCUT2D eigenvalue weighted by atomic mass is 19.4. The highest BCUT2D eigenvalue weighted by molar-refractivity contribution is 5.91. The van der Waals surface area contributed by atoms with Gasteiger partial charge in [-0.1, -0.05) is 19.1 Å². The second-order valence-corrected chi connectivity index (χ2v) is 5.85. The van der Waals surface area contributed by atoms with Gasteiger partial charge >= 0.3 is 12.1 Å². The van der Waals surface area contributed by atoms with Crippen LogP contribution in [0.5, 0.6) is 0 Å². The molecule has 2 N–H and O–H groups in total. The lowest BCUT2D eigenvalue weighted by Crippen LogP contribution is -2.35. The molecule has 24 heavy (non-hydrogen) atoms. The maximum Gasteiger partial charge on any atom is 0.422 e. The first-order valence-corrected chi connectivity index (χ1v) is 7.36. The zero-order valence-electron chi connectivity index (χ0n) is 13.0. The van der Waals surface area contributed by atoms with Crippen LogP contribution in [-0.2, 0) is 10.3 Å². The Morgan fingerprint density at radius 1 is 1.21 bits per heavy atom. The van der Waals surface area contributed by atoms with Crippen molar-refractivity contribution in [2.45, 2.75) is 25.1 Å². The lowest BCUT2D eigenvalue weighted by molar-refractivity contribution is -0.156. The Morgan fingerprint density at radius 3 is 2.12 bits per heavy atom. The maximum atomic E-state index is 12.9. The van der Waals surface area contributed by atoms with E-state index in [4.69, 9.17) is 4.74 Å². The Hall–Kier alpha value is -1.93. The number of esters is 1. The molecule has 0 bridgehead atoms. The van der Waals surface area contributed by atoms with E-state index in [2.05, 4.69) is 4.99 Å². The van der Waals surface area contributed by atoms with E-state index in [1.165, 1.54) is 24.3 Å². The second-order valence-electron chi connectivity index (χ2n) is 5.85. The third kappa shape index (κ3) is 3.29. The molecule has 1 aromatic carbocycles. The molecule has 1 unspecified atom stereocenters. The van der Waals surface area contributed by atoms with Gasteiger partial charge in [0, 0.05) is 6.21 Å². The number of aliphatic hydroxyl groups excluding tert-OH is 2. The van der Waals surface area contributed by atoms with E-state index in [1.54, 1.807) is 6.92 Å². The molecular weight excluding hydrogens is 327 g/mol. The van der Waals surface area contributed by atoms with E-state index in [-0.39, 0.29) is 30.9 Å². The number of ether oxygens (including phenoxy) is 1. The number of hydrogen-bond donors (Lipinski definition) is 2. The van der Waals surface area contributed by atoms with Gasteiger partial charge < -0.3 is 14.9 Å². The third-order valence-electron chi connectivity index (χ3n) is 4.31. The van der Waals surface area contributed by atoms with Crippen LogP contribution in [0.4, 0.5) is 13.2 Å². The number of hydrogen-bond acceptors (Lipinski definition) is 5. The Labute approximate surface area is 136 Å². The van der Waals surface area contributed by atoms with Gasteiger partial charge in [-0.3, -0.25) is 4.99 Å². The summed E-state index contributed by atoms with van der Waals surface area (Å²) in [6, 6.07) is 4.83. The Bertz CT molecular complexity index is 607. The van der Waals surface area contributed by atoms with Crippen molar-refractivity contribution in [1.82, 2.24) is 0 Å². The molecule has 5 nitrogen and oxygen atoms in total. The van der Waals surface area contributed by atoms with Crippen LogP contribution >= 0.6 is 0 Å². The van der Waals surface area contributed by atoms with Gasteiger partial charge in [0.2, 0.25) is 5.54 Å². The molecule has 0 saturated heterocycles. The van der Waals surface area contributed by atoms with Crippen LogP contribution < -0.4 is 0 Å². The number of carbonyl (C=O) groups excluding carboxylic acids is 1. The molecule has 1 atom stereocenters. The largest absolute Gasteiger partial charge is 0.461 e. The number of halogens is 3. The molecule has 1 aromatic rings. The van der Waals surface area contributed by atoms with E-state index in [0.29, 0.717) is 6.42 Å². The van der Waals surface area contributed by atoms with Crippen molar-refractivity contribution in [2.24, 2.45) is 10.4 Å². The van der Waals surface area contributed by atoms with E-state index < -0.39 is 23.1 Å². The van der Waals surface area contributed by atoms with Crippen LogP contribution in [0.2, 0.25) is 0 Å². The molecule has 0 saturated carbocycles. The van der Waals surface area contributed by atoms with Gasteiger partial charge in [-0.2, -0.15) is 13.2 Å². The zero-order valence-corrected chi connectivity index (χ0v) is 13.0. The molecule has 0 amide bonds. The quantitative estimate of drug-likeness (QED) is 0.742. The van der Waals surface area contributed by atoms with Crippen LogP contribution in [-0.4, -0.2) is 48.4 Å². The van der Waals surface area contributed by atoms with Crippen molar-refractivity contribution in [3.63, 3.8) is 0 Å². The lowest BCUT2D eigenvalue weighted by atomic mass is 9.88. The van der Waals surface area contributed by atoms with Crippen molar-refractivity contribution < 1.29 is 32.9 Å². The summed E-state index contributed by atoms with van der Waals surface area (Å²) >= 11 is 0. The monoisotopic (exact) mass is 345 g/mol. The van der Waals surface area contributed by atoms with Gasteiger partial charge in [0.25, 0.3) is 0 Å². The SMILES string of the molecule is CCC(CO)(CO)COC(=O)c1ccc(C2(C(F)(F)F)C=N2)cc1. The molecule has 0 spiro atoms.